The van der Waals surface area contributed by atoms with Gasteiger partial charge < -0.3 is 14.4 Å². The Labute approximate surface area is 158 Å². The normalized spacial score (nSPS) is 17.2. The number of hydrogen-bond donors (Lipinski definition) is 0. The first kappa shape index (κ1) is 18.5. The van der Waals surface area contributed by atoms with Gasteiger partial charge in [-0.15, -0.1) is 0 Å². The summed E-state index contributed by atoms with van der Waals surface area (Å²) >= 11 is 5.78. The molecule has 1 aliphatic rings. The topological polar surface area (TPSA) is 64.5 Å². The lowest BCUT2D eigenvalue weighted by molar-refractivity contribution is 0.0516. The van der Waals surface area contributed by atoms with Crippen molar-refractivity contribution < 1.29 is 14.3 Å². The molecule has 0 aliphatic carbocycles. The van der Waals surface area contributed by atoms with Crippen LogP contribution in [0, 0.1) is 0 Å². The molecule has 6 nitrogen and oxygen atoms in total. The van der Waals surface area contributed by atoms with E-state index >= 15 is 0 Å². The quantitative estimate of drug-likeness (QED) is 0.798. The first-order valence-corrected chi connectivity index (χ1v) is 9.09. The first-order chi connectivity index (χ1) is 12.5. The van der Waals surface area contributed by atoms with Crippen LogP contribution in [0.3, 0.4) is 0 Å². The highest BCUT2D eigenvalue weighted by molar-refractivity contribution is 6.30. The van der Waals surface area contributed by atoms with Crippen LogP contribution in [0.25, 0.3) is 0 Å². The molecule has 138 valence electrons. The lowest BCUT2D eigenvalue weighted by Crippen LogP contribution is -2.44. The number of likely N-dealkylation sites (tertiary alicyclic amines) is 1. The number of halogens is 1. The number of benzene rings is 1. The second-order valence-corrected chi connectivity index (χ2v) is 6.94. The van der Waals surface area contributed by atoms with E-state index in [1.54, 1.807) is 12.1 Å². The Balaban J connectivity index is 1.61. The summed E-state index contributed by atoms with van der Waals surface area (Å²) in [6.07, 6.45) is 4.70. The van der Waals surface area contributed by atoms with E-state index in [-0.39, 0.29) is 24.1 Å². The Kier molecular flexibility index (Phi) is 5.93. The zero-order chi connectivity index (χ0) is 18.5. The average molecular weight is 376 g/mol. The van der Waals surface area contributed by atoms with Crippen LogP contribution >= 0.6 is 11.6 Å². The van der Waals surface area contributed by atoms with E-state index in [0.29, 0.717) is 23.7 Å². The third kappa shape index (κ3) is 4.85. The van der Waals surface area contributed by atoms with Crippen LogP contribution in [0.4, 0.5) is 0 Å². The van der Waals surface area contributed by atoms with Crippen molar-refractivity contribution in [1.29, 1.82) is 0 Å². The maximum absolute atomic E-state index is 12.8. The molecule has 1 unspecified atom stereocenters. The molecule has 1 amide bonds. The number of piperidine rings is 1. The molecule has 0 N–H and O–H groups in total. The molecule has 0 saturated carbocycles. The van der Waals surface area contributed by atoms with E-state index in [4.69, 9.17) is 21.1 Å². The molecule has 26 heavy (non-hydrogen) atoms. The van der Waals surface area contributed by atoms with E-state index < -0.39 is 0 Å². The zero-order valence-corrected chi connectivity index (χ0v) is 15.6. The monoisotopic (exact) mass is 375 g/mol. The Morgan fingerprint density at radius 3 is 2.58 bits per heavy atom. The van der Waals surface area contributed by atoms with Gasteiger partial charge in [-0.25, -0.2) is 9.97 Å². The maximum Gasteiger partial charge on any atom is 0.316 e. The lowest BCUT2D eigenvalue weighted by atomic mass is 10.1. The highest BCUT2D eigenvalue weighted by Crippen LogP contribution is 2.20. The molecular formula is C19H22ClN3O3. The van der Waals surface area contributed by atoms with Crippen LogP contribution in [-0.2, 0) is 0 Å². The Morgan fingerprint density at radius 2 is 1.92 bits per heavy atom. The van der Waals surface area contributed by atoms with Gasteiger partial charge in [0.1, 0.15) is 11.9 Å². The maximum atomic E-state index is 12.8. The molecule has 2 heterocycles. The van der Waals surface area contributed by atoms with Crippen molar-refractivity contribution in [2.75, 3.05) is 13.1 Å². The smallest absolute Gasteiger partial charge is 0.316 e. The van der Waals surface area contributed by atoms with E-state index in [0.717, 1.165) is 18.6 Å². The highest BCUT2D eigenvalue weighted by Gasteiger charge is 2.26. The van der Waals surface area contributed by atoms with Gasteiger partial charge in [0.2, 0.25) is 0 Å². The van der Waals surface area contributed by atoms with Gasteiger partial charge in [0, 0.05) is 12.1 Å². The van der Waals surface area contributed by atoms with Gasteiger partial charge in [0.25, 0.3) is 5.91 Å². The van der Waals surface area contributed by atoms with Gasteiger partial charge in [0.15, 0.2) is 0 Å². The fourth-order valence-corrected chi connectivity index (χ4v) is 2.96. The van der Waals surface area contributed by atoms with Crippen LogP contribution in [0.2, 0.25) is 5.02 Å². The SMILES string of the molecule is CC(C)Oc1ccc(C(=O)N2CCCC(Oc3ncc(Cl)cn3)C2)cc1. The Hall–Kier alpha value is -2.34. The van der Waals surface area contributed by atoms with Gasteiger partial charge in [-0.3, -0.25) is 4.79 Å². The van der Waals surface area contributed by atoms with Crippen molar-refractivity contribution in [3.63, 3.8) is 0 Å². The van der Waals surface area contributed by atoms with Crippen molar-refractivity contribution in [2.45, 2.75) is 38.9 Å². The Bertz CT molecular complexity index is 735. The number of hydrogen-bond acceptors (Lipinski definition) is 5. The van der Waals surface area contributed by atoms with Gasteiger partial charge in [-0.1, -0.05) is 11.6 Å². The largest absolute Gasteiger partial charge is 0.491 e. The number of ether oxygens (including phenoxy) is 2. The minimum atomic E-state index is -0.127. The first-order valence-electron chi connectivity index (χ1n) is 8.71. The second kappa shape index (κ2) is 8.36. The summed E-state index contributed by atoms with van der Waals surface area (Å²) in [4.78, 5) is 22.7. The van der Waals surface area contributed by atoms with E-state index in [9.17, 15) is 4.79 Å². The summed E-state index contributed by atoms with van der Waals surface area (Å²) in [6, 6.07) is 7.53. The number of carbonyl (C=O) groups is 1. The highest BCUT2D eigenvalue weighted by atomic mass is 35.5. The van der Waals surface area contributed by atoms with E-state index in [1.807, 2.05) is 30.9 Å². The molecule has 0 spiro atoms. The molecule has 1 aromatic heterocycles. The molecular weight excluding hydrogens is 354 g/mol. The molecule has 1 fully saturated rings. The van der Waals surface area contributed by atoms with Crippen molar-refractivity contribution >= 4 is 17.5 Å². The molecule has 1 aromatic carbocycles. The standard InChI is InChI=1S/C19H22ClN3O3/c1-13(2)25-16-7-5-14(6-8-16)18(24)23-9-3-4-17(12-23)26-19-21-10-15(20)11-22-19/h5-8,10-11,13,17H,3-4,9,12H2,1-2H3. The van der Waals surface area contributed by atoms with Gasteiger partial charge in [-0.05, 0) is 51.0 Å². The molecule has 2 aromatic rings. The van der Waals surface area contributed by atoms with Crippen LogP contribution in [-0.4, -0.2) is 46.1 Å². The lowest BCUT2D eigenvalue weighted by Gasteiger charge is -2.32. The van der Waals surface area contributed by atoms with Crippen molar-refractivity contribution in [2.24, 2.45) is 0 Å². The third-order valence-electron chi connectivity index (χ3n) is 4.01. The van der Waals surface area contributed by atoms with Gasteiger partial charge >= 0.3 is 6.01 Å². The molecule has 1 aliphatic heterocycles. The van der Waals surface area contributed by atoms with Crippen LogP contribution < -0.4 is 9.47 Å². The fraction of sp³-hybridized carbons (Fsp3) is 0.421. The molecule has 1 saturated heterocycles. The van der Waals surface area contributed by atoms with Gasteiger partial charge in [-0.2, -0.15) is 0 Å². The summed E-state index contributed by atoms with van der Waals surface area (Å²) in [5.41, 5.74) is 0.643. The van der Waals surface area contributed by atoms with Gasteiger partial charge in [0.05, 0.1) is 30.1 Å². The Morgan fingerprint density at radius 1 is 1.23 bits per heavy atom. The number of carbonyl (C=O) groups excluding carboxylic acids is 1. The zero-order valence-electron chi connectivity index (χ0n) is 14.9. The second-order valence-electron chi connectivity index (χ2n) is 6.51. The molecule has 1 atom stereocenters. The van der Waals surface area contributed by atoms with Crippen molar-refractivity contribution in [1.82, 2.24) is 14.9 Å². The number of nitrogens with zero attached hydrogens (tertiary/aromatic N) is 3. The minimum absolute atomic E-state index is 0.00794. The summed E-state index contributed by atoms with van der Waals surface area (Å²) in [6.45, 7) is 5.16. The molecule has 0 radical (unpaired) electrons. The summed E-state index contributed by atoms with van der Waals surface area (Å²) in [7, 11) is 0. The predicted molar refractivity (Wildman–Crippen MR) is 98.8 cm³/mol. The molecule has 3 rings (SSSR count). The average Bonchev–Trinajstić information content (AvgIpc) is 2.63. The van der Waals surface area contributed by atoms with Crippen LogP contribution in [0.5, 0.6) is 11.8 Å². The summed E-state index contributed by atoms with van der Waals surface area (Å²) in [5, 5.41) is 0.461. The minimum Gasteiger partial charge on any atom is -0.491 e. The summed E-state index contributed by atoms with van der Waals surface area (Å²) in [5.74, 6) is 0.753. The third-order valence-corrected chi connectivity index (χ3v) is 4.20. The number of rotatable bonds is 5. The fourth-order valence-electron chi connectivity index (χ4n) is 2.86. The number of aromatic nitrogens is 2. The van der Waals surface area contributed by atoms with Crippen molar-refractivity contribution in [3.05, 3.63) is 47.2 Å². The van der Waals surface area contributed by atoms with Crippen molar-refractivity contribution in [3.8, 4) is 11.8 Å². The molecule has 7 heteroatoms. The number of amides is 1. The van der Waals surface area contributed by atoms with E-state index in [2.05, 4.69) is 9.97 Å². The van der Waals surface area contributed by atoms with Crippen LogP contribution in [0.15, 0.2) is 36.7 Å². The molecule has 0 bridgehead atoms. The summed E-state index contributed by atoms with van der Waals surface area (Å²) < 4.78 is 11.4. The predicted octanol–water partition coefficient (Wildman–Crippen LogP) is 3.60. The van der Waals surface area contributed by atoms with E-state index in [1.165, 1.54) is 12.4 Å². The van der Waals surface area contributed by atoms with Crippen LogP contribution in [0.1, 0.15) is 37.0 Å².